The molecule has 0 aliphatic carbocycles. The zero-order chi connectivity index (χ0) is 26.6. The molecule has 3 heterocycles. The number of aliphatic hydroxyl groups is 1. The number of rotatable bonds is 6. The van der Waals surface area contributed by atoms with Gasteiger partial charge < -0.3 is 20.2 Å². The molecule has 1 aliphatic rings. The Labute approximate surface area is 226 Å². The van der Waals surface area contributed by atoms with E-state index < -0.39 is 12.0 Å². The van der Waals surface area contributed by atoms with Crippen molar-refractivity contribution in [1.29, 1.82) is 0 Å². The number of aliphatic hydroxyl groups excluding tert-OH is 1. The lowest BCUT2D eigenvalue weighted by atomic mass is 10.0. The summed E-state index contributed by atoms with van der Waals surface area (Å²) in [5.74, 6) is 0.410. The van der Waals surface area contributed by atoms with Crippen molar-refractivity contribution < 1.29 is 9.90 Å². The normalized spacial score (nSPS) is 14.3. The van der Waals surface area contributed by atoms with Gasteiger partial charge in [0, 0.05) is 49.9 Å². The van der Waals surface area contributed by atoms with Gasteiger partial charge in [0.1, 0.15) is 5.82 Å². The van der Waals surface area contributed by atoms with Crippen LogP contribution in [0.3, 0.4) is 0 Å². The molecule has 39 heavy (non-hydrogen) atoms. The van der Waals surface area contributed by atoms with Crippen LogP contribution in [0.5, 0.6) is 0 Å². The summed E-state index contributed by atoms with van der Waals surface area (Å²) in [5, 5.41) is 13.1. The van der Waals surface area contributed by atoms with E-state index in [-0.39, 0.29) is 0 Å². The van der Waals surface area contributed by atoms with Crippen molar-refractivity contribution >= 4 is 34.1 Å². The molecule has 1 saturated heterocycles. The number of hydrogen-bond donors (Lipinski definition) is 2. The second-order valence-corrected chi connectivity index (χ2v) is 9.49. The fourth-order valence-corrected chi connectivity index (χ4v) is 4.83. The van der Waals surface area contributed by atoms with Gasteiger partial charge in [-0.25, -0.2) is 4.98 Å². The van der Waals surface area contributed by atoms with Gasteiger partial charge >= 0.3 is 0 Å². The van der Waals surface area contributed by atoms with Gasteiger partial charge in [-0.05, 0) is 53.1 Å². The molecule has 0 saturated carbocycles. The molecule has 5 aromatic rings. The largest absolute Gasteiger partial charge is 0.378 e. The minimum absolute atomic E-state index is 0.468. The summed E-state index contributed by atoms with van der Waals surface area (Å²) in [5.41, 5.74) is 6.06. The first-order valence-corrected chi connectivity index (χ1v) is 12.9. The Balaban J connectivity index is 1.14. The van der Waals surface area contributed by atoms with Crippen molar-refractivity contribution in [3.8, 4) is 11.1 Å². The first kappa shape index (κ1) is 24.5. The summed E-state index contributed by atoms with van der Waals surface area (Å²) in [6.07, 6.45) is 4.28. The van der Waals surface area contributed by atoms with E-state index in [1.807, 2.05) is 79.3 Å². The van der Waals surface area contributed by atoms with Crippen LogP contribution in [0, 0.1) is 0 Å². The number of carbonyl (C=O) groups is 1. The Hall–Kier alpha value is -4.82. The predicted octanol–water partition coefficient (Wildman–Crippen LogP) is 4.69. The van der Waals surface area contributed by atoms with E-state index in [0.717, 1.165) is 54.2 Å². The third kappa shape index (κ3) is 5.42. The molecule has 0 spiro atoms. The number of hydrogen-bond acceptors (Lipinski definition) is 7. The quantitative estimate of drug-likeness (QED) is 0.338. The fourth-order valence-electron chi connectivity index (χ4n) is 4.83. The molecule has 6 rings (SSSR count). The number of aromatic nitrogens is 3. The Morgan fingerprint density at radius 3 is 2.23 bits per heavy atom. The molecule has 1 aliphatic heterocycles. The van der Waals surface area contributed by atoms with Gasteiger partial charge in [0.15, 0.2) is 6.10 Å². The smallest absolute Gasteiger partial charge is 0.257 e. The molecule has 0 bridgehead atoms. The second-order valence-electron chi connectivity index (χ2n) is 9.49. The zero-order valence-electron chi connectivity index (χ0n) is 21.3. The SMILES string of the molecule is O=C(Nc1ccc(-c2ccc3ncc(N4CCN(c5ccncc5)CC4)nc3c2)cc1)C(O)c1ccccc1. The fraction of sp³-hybridized carbons (Fsp3) is 0.161. The molecule has 8 heteroatoms. The first-order valence-electron chi connectivity index (χ1n) is 12.9. The van der Waals surface area contributed by atoms with E-state index in [0.29, 0.717) is 11.3 Å². The molecule has 194 valence electrons. The maximum Gasteiger partial charge on any atom is 0.257 e. The van der Waals surface area contributed by atoms with Gasteiger partial charge in [0.25, 0.3) is 5.91 Å². The minimum atomic E-state index is -1.22. The maximum atomic E-state index is 12.5. The Bertz CT molecular complexity index is 1570. The van der Waals surface area contributed by atoms with Crippen molar-refractivity contribution in [3.05, 3.63) is 109 Å². The van der Waals surface area contributed by atoms with Crippen LogP contribution < -0.4 is 15.1 Å². The van der Waals surface area contributed by atoms with Crippen molar-refractivity contribution in [2.75, 3.05) is 41.3 Å². The number of carbonyl (C=O) groups excluding carboxylic acids is 1. The summed E-state index contributed by atoms with van der Waals surface area (Å²) in [4.78, 5) is 30.8. The molecule has 1 fully saturated rings. The predicted molar refractivity (Wildman–Crippen MR) is 154 cm³/mol. The average molecular weight is 517 g/mol. The van der Waals surface area contributed by atoms with E-state index in [1.165, 1.54) is 5.69 Å². The number of amides is 1. The molecular formula is C31H28N6O2. The van der Waals surface area contributed by atoms with Crippen LogP contribution in [-0.2, 0) is 4.79 Å². The van der Waals surface area contributed by atoms with Crippen LogP contribution in [0.25, 0.3) is 22.2 Å². The van der Waals surface area contributed by atoms with E-state index in [9.17, 15) is 9.90 Å². The lowest BCUT2D eigenvalue weighted by molar-refractivity contribution is -0.124. The van der Waals surface area contributed by atoms with Crippen molar-refractivity contribution in [2.24, 2.45) is 0 Å². The average Bonchev–Trinajstić information content (AvgIpc) is 3.01. The van der Waals surface area contributed by atoms with Crippen LogP contribution in [0.1, 0.15) is 11.7 Å². The number of fused-ring (bicyclic) bond motifs is 1. The molecular weight excluding hydrogens is 488 g/mol. The molecule has 1 atom stereocenters. The Kier molecular flexibility index (Phi) is 6.84. The lowest BCUT2D eigenvalue weighted by Crippen LogP contribution is -2.46. The molecule has 1 amide bonds. The van der Waals surface area contributed by atoms with Crippen molar-refractivity contribution in [2.45, 2.75) is 6.10 Å². The molecule has 2 N–H and O–H groups in total. The lowest BCUT2D eigenvalue weighted by Gasteiger charge is -2.36. The number of nitrogens with one attached hydrogen (secondary N) is 1. The highest BCUT2D eigenvalue weighted by Gasteiger charge is 2.19. The Morgan fingerprint density at radius 1 is 0.795 bits per heavy atom. The van der Waals surface area contributed by atoms with Crippen LogP contribution in [-0.4, -0.2) is 52.1 Å². The van der Waals surface area contributed by atoms with Gasteiger partial charge in [-0.3, -0.25) is 14.8 Å². The first-order chi connectivity index (χ1) is 19.1. The maximum absolute atomic E-state index is 12.5. The molecule has 3 aromatic carbocycles. The van der Waals surface area contributed by atoms with Crippen LogP contribution in [0.4, 0.5) is 17.2 Å². The second kappa shape index (κ2) is 10.9. The van der Waals surface area contributed by atoms with E-state index in [2.05, 4.69) is 25.1 Å². The highest BCUT2D eigenvalue weighted by molar-refractivity contribution is 5.95. The van der Waals surface area contributed by atoms with Crippen LogP contribution in [0.15, 0.2) is 104 Å². The topological polar surface area (TPSA) is 94.5 Å². The number of piperazine rings is 1. The molecule has 8 nitrogen and oxygen atoms in total. The summed E-state index contributed by atoms with van der Waals surface area (Å²) >= 11 is 0. The van der Waals surface area contributed by atoms with Crippen molar-refractivity contribution in [3.63, 3.8) is 0 Å². The Morgan fingerprint density at radius 2 is 1.49 bits per heavy atom. The van der Waals surface area contributed by atoms with E-state index in [1.54, 1.807) is 24.3 Å². The van der Waals surface area contributed by atoms with E-state index >= 15 is 0 Å². The number of nitrogens with zero attached hydrogens (tertiary/aromatic N) is 5. The molecule has 1 unspecified atom stereocenters. The number of anilines is 3. The standard InChI is InChI=1S/C31H28N6O2/c38-30(23-4-2-1-3-5-23)31(39)34-25-9-6-22(7-10-25)24-8-11-27-28(20-24)35-29(21-33-27)37-18-16-36(17-19-37)26-12-14-32-15-13-26/h1-15,20-21,30,38H,16-19H2,(H,34,39). The monoisotopic (exact) mass is 516 g/mol. The van der Waals surface area contributed by atoms with Gasteiger partial charge in [-0.1, -0.05) is 48.5 Å². The van der Waals surface area contributed by atoms with Gasteiger partial charge in [-0.2, -0.15) is 0 Å². The zero-order valence-corrected chi connectivity index (χ0v) is 21.3. The summed E-state index contributed by atoms with van der Waals surface area (Å²) in [6.45, 7) is 3.56. The highest BCUT2D eigenvalue weighted by Crippen LogP contribution is 2.27. The molecule has 2 aromatic heterocycles. The van der Waals surface area contributed by atoms with Gasteiger partial charge in [0.05, 0.1) is 17.2 Å². The third-order valence-electron chi connectivity index (χ3n) is 7.01. The van der Waals surface area contributed by atoms with E-state index in [4.69, 9.17) is 4.98 Å². The summed E-state index contributed by atoms with van der Waals surface area (Å²) < 4.78 is 0. The van der Waals surface area contributed by atoms with Crippen LogP contribution >= 0.6 is 0 Å². The minimum Gasteiger partial charge on any atom is -0.378 e. The number of benzene rings is 3. The third-order valence-corrected chi connectivity index (χ3v) is 7.01. The van der Waals surface area contributed by atoms with Crippen molar-refractivity contribution in [1.82, 2.24) is 15.0 Å². The molecule has 0 radical (unpaired) electrons. The van der Waals surface area contributed by atoms with Crippen LogP contribution in [0.2, 0.25) is 0 Å². The number of pyridine rings is 1. The van der Waals surface area contributed by atoms with Gasteiger partial charge in [0.2, 0.25) is 0 Å². The highest BCUT2D eigenvalue weighted by atomic mass is 16.3. The van der Waals surface area contributed by atoms with Gasteiger partial charge in [-0.15, -0.1) is 0 Å². The summed E-state index contributed by atoms with van der Waals surface area (Å²) in [7, 11) is 0. The summed E-state index contributed by atoms with van der Waals surface area (Å²) in [6, 6.07) is 26.6.